The Morgan fingerprint density at radius 1 is 0.881 bits per heavy atom. The summed E-state index contributed by atoms with van der Waals surface area (Å²) in [7, 11) is 0. The van der Waals surface area contributed by atoms with Crippen LogP contribution in [0.15, 0.2) is 60.7 Å². The molecule has 2 unspecified atom stereocenters. The standard InChI is InChI=1S/C33H42F2N4O3/c1-4-10-39(11-5-2)33(42)26-16-25(17-29(36)18-26)32(41)38-30(15-24-13-27(34)19-28(35)14-24)31(40)21-37-20-23-9-7-8-22(6-3)12-23/h7-9,12-14,16-19,30-31,37,40H,4-6,10-11,15,20-21,36H2,1-3H3,(H,38,41). The lowest BCUT2D eigenvalue weighted by molar-refractivity contribution is 0.0755. The Morgan fingerprint density at radius 3 is 2.17 bits per heavy atom. The molecule has 9 heteroatoms. The maximum absolute atomic E-state index is 13.9. The fourth-order valence-corrected chi connectivity index (χ4v) is 4.93. The van der Waals surface area contributed by atoms with Gasteiger partial charge in [-0.1, -0.05) is 45.0 Å². The van der Waals surface area contributed by atoms with Gasteiger partial charge in [0.2, 0.25) is 0 Å². The number of nitrogen functional groups attached to an aromatic ring is 1. The third-order valence-electron chi connectivity index (χ3n) is 6.98. The molecule has 0 bridgehead atoms. The number of anilines is 1. The number of nitrogens with two attached hydrogens (primary N) is 1. The van der Waals surface area contributed by atoms with E-state index in [0.29, 0.717) is 25.2 Å². The van der Waals surface area contributed by atoms with E-state index in [1.807, 2.05) is 32.0 Å². The minimum absolute atomic E-state index is 0.0243. The van der Waals surface area contributed by atoms with Crippen molar-refractivity contribution in [3.05, 3.63) is 100 Å². The van der Waals surface area contributed by atoms with Crippen LogP contribution in [-0.2, 0) is 19.4 Å². The van der Waals surface area contributed by atoms with Gasteiger partial charge in [-0.15, -0.1) is 0 Å². The minimum atomic E-state index is -1.10. The van der Waals surface area contributed by atoms with Crippen LogP contribution in [0.25, 0.3) is 0 Å². The van der Waals surface area contributed by atoms with E-state index in [-0.39, 0.29) is 35.7 Å². The Kier molecular flexibility index (Phi) is 12.4. The van der Waals surface area contributed by atoms with E-state index in [9.17, 15) is 23.5 Å². The first-order valence-electron chi connectivity index (χ1n) is 14.6. The van der Waals surface area contributed by atoms with Crippen molar-refractivity contribution >= 4 is 17.5 Å². The van der Waals surface area contributed by atoms with Gasteiger partial charge in [0, 0.05) is 49.1 Å². The summed E-state index contributed by atoms with van der Waals surface area (Å²) in [5.74, 6) is -2.28. The van der Waals surface area contributed by atoms with E-state index in [0.717, 1.165) is 30.9 Å². The summed E-state index contributed by atoms with van der Waals surface area (Å²) >= 11 is 0. The summed E-state index contributed by atoms with van der Waals surface area (Å²) in [4.78, 5) is 28.3. The van der Waals surface area contributed by atoms with Crippen molar-refractivity contribution in [2.75, 3.05) is 25.4 Å². The first-order valence-corrected chi connectivity index (χ1v) is 14.6. The SMILES string of the molecule is CCCN(CCC)C(=O)c1cc(N)cc(C(=O)NC(Cc2cc(F)cc(F)c2)C(O)CNCc2cccc(CC)c2)c1. The number of carbonyl (C=O) groups excluding carboxylic acids is 2. The highest BCUT2D eigenvalue weighted by molar-refractivity contribution is 6.01. The summed E-state index contributed by atoms with van der Waals surface area (Å²) in [6, 6.07) is 14.8. The number of rotatable bonds is 15. The van der Waals surface area contributed by atoms with Gasteiger partial charge in [0.1, 0.15) is 11.6 Å². The smallest absolute Gasteiger partial charge is 0.253 e. The zero-order chi connectivity index (χ0) is 30.6. The van der Waals surface area contributed by atoms with Crippen molar-refractivity contribution in [2.24, 2.45) is 0 Å². The maximum Gasteiger partial charge on any atom is 0.253 e. The van der Waals surface area contributed by atoms with E-state index in [1.165, 1.54) is 35.9 Å². The number of aliphatic hydroxyl groups is 1. The fraction of sp³-hybridized carbons (Fsp3) is 0.394. The number of nitrogens with one attached hydrogen (secondary N) is 2. The molecule has 7 nitrogen and oxygen atoms in total. The molecule has 0 fully saturated rings. The van der Waals surface area contributed by atoms with Crippen LogP contribution in [0, 0.1) is 11.6 Å². The molecule has 226 valence electrons. The molecule has 3 aromatic rings. The van der Waals surface area contributed by atoms with Crippen LogP contribution in [0.1, 0.15) is 71.0 Å². The average Bonchev–Trinajstić information content (AvgIpc) is 2.95. The predicted molar refractivity (Wildman–Crippen MR) is 162 cm³/mol. The van der Waals surface area contributed by atoms with Crippen LogP contribution in [0.5, 0.6) is 0 Å². The molecule has 0 aliphatic heterocycles. The molecule has 0 aliphatic carbocycles. The molecule has 0 aliphatic rings. The maximum atomic E-state index is 13.9. The lowest BCUT2D eigenvalue weighted by Gasteiger charge is -2.25. The molecule has 0 spiro atoms. The Bertz CT molecular complexity index is 1320. The summed E-state index contributed by atoms with van der Waals surface area (Å²) in [5.41, 5.74) is 9.30. The normalized spacial score (nSPS) is 12.5. The lowest BCUT2D eigenvalue weighted by atomic mass is 9.99. The second-order valence-corrected chi connectivity index (χ2v) is 10.6. The van der Waals surface area contributed by atoms with Gasteiger partial charge in [-0.3, -0.25) is 9.59 Å². The van der Waals surface area contributed by atoms with Crippen molar-refractivity contribution in [3.63, 3.8) is 0 Å². The summed E-state index contributed by atoms with van der Waals surface area (Å²) in [6.45, 7) is 7.82. The van der Waals surface area contributed by atoms with Crippen molar-refractivity contribution in [1.82, 2.24) is 15.5 Å². The van der Waals surface area contributed by atoms with E-state index in [1.54, 1.807) is 4.90 Å². The third kappa shape index (κ3) is 9.63. The molecule has 3 aromatic carbocycles. The van der Waals surface area contributed by atoms with Crippen molar-refractivity contribution in [3.8, 4) is 0 Å². The topological polar surface area (TPSA) is 108 Å². The second kappa shape index (κ2) is 16.0. The number of amides is 2. The number of hydrogen-bond acceptors (Lipinski definition) is 5. The molecule has 0 saturated carbocycles. The second-order valence-electron chi connectivity index (χ2n) is 10.6. The van der Waals surface area contributed by atoms with Gasteiger partial charge in [0.15, 0.2) is 0 Å². The Morgan fingerprint density at radius 2 is 1.52 bits per heavy atom. The molecule has 3 rings (SSSR count). The van der Waals surface area contributed by atoms with Gasteiger partial charge in [-0.25, -0.2) is 8.78 Å². The Balaban J connectivity index is 1.80. The Labute approximate surface area is 247 Å². The summed E-state index contributed by atoms with van der Waals surface area (Å²) < 4.78 is 27.9. The predicted octanol–water partition coefficient (Wildman–Crippen LogP) is 4.86. The molecule has 0 aromatic heterocycles. The highest BCUT2D eigenvalue weighted by Crippen LogP contribution is 2.17. The van der Waals surface area contributed by atoms with Gasteiger partial charge < -0.3 is 26.4 Å². The van der Waals surface area contributed by atoms with Crippen LogP contribution in [-0.4, -0.2) is 53.6 Å². The first-order chi connectivity index (χ1) is 20.1. The fourth-order valence-electron chi connectivity index (χ4n) is 4.93. The zero-order valence-electron chi connectivity index (χ0n) is 24.6. The molecule has 5 N–H and O–H groups in total. The molecule has 0 heterocycles. The van der Waals surface area contributed by atoms with E-state index in [2.05, 4.69) is 23.6 Å². The molecule has 2 amide bonds. The number of hydrogen-bond donors (Lipinski definition) is 4. The third-order valence-corrected chi connectivity index (χ3v) is 6.98. The van der Waals surface area contributed by atoms with E-state index in [4.69, 9.17) is 5.73 Å². The van der Waals surface area contributed by atoms with Crippen LogP contribution in [0.3, 0.4) is 0 Å². The van der Waals surface area contributed by atoms with Crippen molar-refractivity contribution < 1.29 is 23.5 Å². The summed E-state index contributed by atoms with van der Waals surface area (Å²) in [6.07, 6.45) is 1.37. The number of benzene rings is 3. The average molecular weight is 581 g/mol. The van der Waals surface area contributed by atoms with Gasteiger partial charge >= 0.3 is 0 Å². The summed E-state index contributed by atoms with van der Waals surface area (Å²) in [5, 5.41) is 17.1. The first kappa shape index (κ1) is 32.7. The van der Waals surface area contributed by atoms with E-state index < -0.39 is 29.7 Å². The molecule has 0 radical (unpaired) electrons. The molecular weight excluding hydrogens is 538 g/mol. The van der Waals surface area contributed by atoms with Gasteiger partial charge in [-0.2, -0.15) is 0 Å². The number of carbonyl (C=O) groups is 2. The van der Waals surface area contributed by atoms with Crippen LogP contribution < -0.4 is 16.4 Å². The van der Waals surface area contributed by atoms with Crippen LogP contribution >= 0.6 is 0 Å². The highest BCUT2D eigenvalue weighted by atomic mass is 19.1. The number of aliphatic hydroxyl groups excluding tert-OH is 1. The van der Waals surface area contributed by atoms with Gasteiger partial charge in [0.25, 0.3) is 11.8 Å². The monoisotopic (exact) mass is 580 g/mol. The molecule has 2 atom stereocenters. The number of aryl methyl sites for hydroxylation is 1. The minimum Gasteiger partial charge on any atom is -0.399 e. The molecular formula is C33H42F2N4O3. The van der Waals surface area contributed by atoms with Gasteiger partial charge in [-0.05, 0) is 72.7 Å². The molecule has 0 saturated heterocycles. The molecule has 42 heavy (non-hydrogen) atoms. The van der Waals surface area contributed by atoms with Crippen molar-refractivity contribution in [1.29, 1.82) is 0 Å². The highest BCUT2D eigenvalue weighted by Gasteiger charge is 2.24. The zero-order valence-corrected chi connectivity index (χ0v) is 24.6. The van der Waals surface area contributed by atoms with Crippen LogP contribution in [0.2, 0.25) is 0 Å². The number of nitrogens with zero attached hydrogens (tertiary/aromatic N) is 1. The number of halogens is 2. The van der Waals surface area contributed by atoms with Gasteiger partial charge in [0.05, 0.1) is 12.1 Å². The lowest BCUT2D eigenvalue weighted by Crippen LogP contribution is -2.48. The Hall–Kier alpha value is -3.82. The van der Waals surface area contributed by atoms with E-state index >= 15 is 0 Å². The quantitative estimate of drug-likeness (QED) is 0.192. The van der Waals surface area contributed by atoms with Crippen LogP contribution in [0.4, 0.5) is 14.5 Å². The largest absolute Gasteiger partial charge is 0.399 e. The van der Waals surface area contributed by atoms with Crippen molar-refractivity contribution in [2.45, 2.75) is 65.1 Å².